The first kappa shape index (κ1) is 17.1. The van der Waals surface area contributed by atoms with E-state index in [1.54, 1.807) is 12.1 Å². The monoisotopic (exact) mass is 403 g/mol. The average molecular weight is 404 g/mol. The highest BCUT2D eigenvalue weighted by atomic mass is 35.5. The van der Waals surface area contributed by atoms with Crippen LogP contribution in [0.4, 0.5) is 4.39 Å². The zero-order valence-corrected chi connectivity index (χ0v) is 15.6. The third-order valence-electron chi connectivity index (χ3n) is 3.60. The summed E-state index contributed by atoms with van der Waals surface area (Å²) in [6.07, 6.45) is 0. The van der Waals surface area contributed by atoms with Crippen molar-refractivity contribution in [1.82, 2.24) is 24.4 Å². The van der Waals surface area contributed by atoms with Crippen LogP contribution in [0.5, 0.6) is 0 Å². The fourth-order valence-corrected chi connectivity index (χ4v) is 4.06. The molecule has 0 atom stereocenters. The summed E-state index contributed by atoms with van der Waals surface area (Å²) in [7, 11) is 0. The van der Waals surface area contributed by atoms with Gasteiger partial charge in [-0.1, -0.05) is 58.2 Å². The maximum atomic E-state index is 13.4. The normalized spacial score (nSPS) is 11.0. The van der Waals surface area contributed by atoms with E-state index in [4.69, 9.17) is 11.6 Å². The van der Waals surface area contributed by atoms with Gasteiger partial charge in [-0.2, -0.15) is 0 Å². The standard InChI is InChI=1S/C17H11ClFN5S2/c18-15-14(20-23-26-15)10-25-17-22-21-16(11-4-2-1-3-5-11)24(17)13-8-6-12(19)7-9-13/h1-9H,10H2. The number of benzene rings is 2. The van der Waals surface area contributed by atoms with Crippen LogP contribution in [0.15, 0.2) is 59.8 Å². The topological polar surface area (TPSA) is 56.5 Å². The van der Waals surface area contributed by atoms with Crippen molar-refractivity contribution in [3.63, 3.8) is 0 Å². The van der Waals surface area contributed by atoms with Crippen molar-refractivity contribution in [3.05, 3.63) is 70.4 Å². The number of halogens is 2. The molecule has 26 heavy (non-hydrogen) atoms. The molecule has 4 aromatic rings. The van der Waals surface area contributed by atoms with E-state index in [1.807, 2.05) is 34.9 Å². The Kier molecular flexibility index (Phi) is 4.96. The second-order valence-electron chi connectivity index (χ2n) is 5.27. The molecule has 0 unspecified atom stereocenters. The third-order valence-corrected chi connectivity index (χ3v) is 5.52. The van der Waals surface area contributed by atoms with E-state index in [0.29, 0.717) is 26.8 Å². The Morgan fingerprint density at radius 2 is 1.77 bits per heavy atom. The number of nitrogens with zero attached hydrogens (tertiary/aromatic N) is 5. The molecule has 0 saturated heterocycles. The maximum Gasteiger partial charge on any atom is 0.196 e. The Bertz CT molecular complexity index is 1020. The molecule has 0 fully saturated rings. The second kappa shape index (κ2) is 7.53. The van der Waals surface area contributed by atoms with Gasteiger partial charge in [0.2, 0.25) is 0 Å². The minimum atomic E-state index is -0.294. The van der Waals surface area contributed by atoms with Crippen molar-refractivity contribution in [2.24, 2.45) is 0 Å². The second-order valence-corrected chi connectivity index (χ2v) is 7.56. The largest absolute Gasteiger partial charge is 0.270 e. The van der Waals surface area contributed by atoms with Gasteiger partial charge in [-0.05, 0) is 24.3 Å². The van der Waals surface area contributed by atoms with Gasteiger partial charge in [0.15, 0.2) is 11.0 Å². The van der Waals surface area contributed by atoms with Crippen LogP contribution in [0, 0.1) is 5.82 Å². The fraction of sp³-hybridized carbons (Fsp3) is 0.0588. The molecule has 4 rings (SSSR count). The van der Waals surface area contributed by atoms with Crippen LogP contribution in [0.1, 0.15) is 5.69 Å². The molecule has 5 nitrogen and oxygen atoms in total. The number of thioether (sulfide) groups is 1. The number of hydrogen-bond donors (Lipinski definition) is 0. The van der Waals surface area contributed by atoms with Crippen molar-refractivity contribution in [3.8, 4) is 17.1 Å². The zero-order chi connectivity index (χ0) is 17.9. The SMILES string of the molecule is Fc1ccc(-n2c(SCc3nnsc3Cl)nnc2-c2ccccc2)cc1. The van der Waals surface area contributed by atoms with Crippen molar-refractivity contribution in [1.29, 1.82) is 0 Å². The van der Waals surface area contributed by atoms with Crippen molar-refractivity contribution < 1.29 is 4.39 Å². The van der Waals surface area contributed by atoms with Gasteiger partial charge < -0.3 is 0 Å². The van der Waals surface area contributed by atoms with Crippen LogP contribution < -0.4 is 0 Å². The Labute approximate surface area is 162 Å². The van der Waals surface area contributed by atoms with Crippen molar-refractivity contribution in [2.75, 3.05) is 0 Å². The summed E-state index contributed by atoms with van der Waals surface area (Å²) in [5, 5.41) is 13.3. The number of aromatic nitrogens is 5. The molecule has 130 valence electrons. The van der Waals surface area contributed by atoms with Crippen LogP contribution in [0.2, 0.25) is 4.34 Å². The van der Waals surface area contributed by atoms with Gasteiger partial charge in [0, 0.05) is 28.5 Å². The molecular weight excluding hydrogens is 393 g/mol. The molecule has 9 heteroatoms. The predicted molar refractivity (Wildman–Crippen MR) is 101 cm³/mol. The first-order valence-corrected chi connectivity index (χ1v) is 9.72. The highest BCUT2D eigenvalue weighted by Crippen LogP contribution is 2.31. The zero-order valence-electron chi connectivity index (χ0n) is 13.2. The molecule has 0 spiro atoms. The minimum absolute atomic E-state index is 0.294. The van der Waals surface area contributed by atoms with E-state index in [2.05, 4.69) is 19.8 Å². The molecule has 0 aliphatic heterocycles. The van der Waals surface area contributed by atoms with E-state index in [-0.39, 0.29) is 5.82 Å². The molecule has 0 saturated carbocycles. The molecule has 0 radical (unpaired) electrons. The fourth-order valence-electron chi connectivity index (χ4n) is 2.38. The van der Waals surface area contributed by atoms with E-state index >= 15 is 0 Å². The lowest BCUT2D eigenvalue weighted by atomic mass is 10.2. The van der Waals surface area contributed by atoms with Crippen LogP contribution >= 0.6 is 34.9 Å². The summed E-state index contributed by atoms with van der Waals surface area (Å²) in [5.41, 5.74) is 2.40. The van der Waals surface area contributed by atoms with Crippen molar-refractivity contribution in [2.45, 2.75) is 10.9 Å². The van der Waals surface area contributed by atoms with E-state index in [9.17, 15) is 4.39 Å². The molecule has 0 aliphatic carbocycles. The van der Waals surface area contributed by atoms with Crippen LogP contribution in [0.25, 0.3) is 17.1 Å². The molecule has 0 N–H and O–H groups in total. The molecule has 0 bridgehead atoms. The minimum Gasteiger partial charge on any atom is -0.270 e. The Hall–Kier alpha value is -2.29. The molecular formula is C17H11ClFN5S2. The Balaban J connectivity index is 1.75. The van der Waals surface area contributed by atoms with E-state index < -0.39 is 0 Å². The predicted octanol–water partition coefficient (Wildman–Crippen LogP) is 4.87. The van der Waals surface area contributed by atoms with Gasteiger partial charge in [0.1, 0.15) is 15.8 Å². The third kappa shape index (κ3) is 3.48. The molecule has 0 aliphatic rings. The van der Waals surface area contributed by atoms with Gasteiger partial charge in [0.25, 0.3) is 0 Å². The number of hydrogen-bond acceptors (Lipinski definition) is 6. The van der Waals surface area contributed by atoms with E-state index in [0.717, 1.165) is 22.8 Å². The molecule has 2 heterocycles. The molecule has 2 aromatic carbocycles. The van der Waals surface area contributed by atoms with Gasteiger partial charge >= 0.3 is 0 Å². The van der Waals surface area contributed by atoms with Crippen LogP contribution in [-0.2, 0) is 5.75 Å². The van der Waals surface area contributed by atoms with Crippen molar-refractivity contribution >= 4 is 34.9 Å². The summed E-state index contributed by atoms with van der Waals surface area (Å²) in [6, 6.07) is 16.0. The lowest BCUT2D eigenvalue weighted by molar-refractivity contribution is 0.627. The summed E-state index contributed by atoms with van der Waals surface area (Å²) in [5.74, 6) is 0.906. The summed E-state index contributed by atoms with van der Waals surface area (Å²) in [4.78, 5) is 0. The van der Waals surface area contributed by atoms with E-state index in [1.165, 1.54) is 23.9 Å². The van der Waals surface area contributed by atoms with Gasteiger partial charge in [0.05, 0.1) is 0 Å². The summed E-state index contributed by atoms with van der Waals surface area (Å²) in [6.45, 7) is 0. The Morgan fingerprint density at radius 3 is 2.46 bits per heavy atom. The Morgan fingerprint density at radius 1 is 1.00 bits per heavy atom. The van der Waals surface area contributed by atoms with Gasteiger partial charge in [-0.25, -0.2) is 4.39 Å². The molecule has 0 amide bonds. The quantitative estimate of drug-likeness (QED) is 0.445. The van der Waals surface area contributed by atoms with Crippen LogP contribution in [0.3, 0.4) is 0 Å². The highest BCUT2D eigenvalue weighted by molar-refractivity contribution is 7.98. The summed E-state index contributed by atoms with van der Waals surface area (Å²) < 4.78 is 19.7. The average Bonchev–Trinajstić information content (AvgIpc) is 3.27. The summed E-state index contributed by atoms with van der Waals surface area (Å²) >= 11 is 8.68. The van der Waals surface area contributed by atoms with Crippen LogP contribution in [-0.4, -0.2) is 24.4 Å². The first-order valence-electron chi connectivity index (χ1n) is 7.58. The lowest BCUT2D eigenvalue weighted by Crippen LogP contribution is -2.00. The number of rotatable bonds is 5. The lowest BCUT2D eigenvalue weighted by Gasteiger charge is -2.10. The van der Waals surface area contributed by atoms with Gasteiger partial charge in [-0.15, -0.1) is 15.3 Å². The highest BCUT2D eigenvalue weighted by Gasteiger charge is 2.17. The molecule has 2 aromatic heterocycles. The van der Waals surface area contributed by atoms with Gasteiger partial charge in [-0.3, -0.25) is 4.57 Å². The first-order chi connectivity index (χ1) is 12.7. The maximum absolute atomic E-state index is 13.4. The smallest absolute Gasteiger partial charge is 0.196 e.